The molecule has 1 amide bonds. The summed E-state index contributed by atoms with van der Waals surface area (Å²) in [6, 6.07) is 9.72. The largest absolute Gasteiger partial charge is 0.354 e. The van der Waals surface area contributed by atoms with Gasteiger partial charge in [0, 0.05) is 24.7 Å². The molecule has 1 aliphatic heterocycles. The van der Waals surface area contributed by atoms with Crippen LogP contribution in [0.4, 0.5) is 0 Å². The van der Waals surface area contributed by atoms with Gasteiger partial charge in [-0.1, -0.05) is 23.7 Å². The molecule has 7 nitrogen and oxygen atoms in total. The predicted octanol–water partition coefficient (Wildman–Crippen LogP) is 2.56. The van der Waals surface area contributed by atoms with Crippen molar-refractivity contribution < 1.29 is 4.79 Å². The molecule has 3 heterocycles. The van der Waals surface area contributed by atoms with Crippen LogP contribution in [0.1, 0.15) is 23.6 Å². The van der Waals surface area contributed by atoms with E-state index in [1.165, 1.54) is 5.56 Å². The van der Waals surface area contributed by atoms with E-state index in [1.807, 2.05) is 24.3 Å². The van der Waals surface area contributed by atoms with Crippen molar-refractivity contribution in [3.05, 3.63) is 63.6 Å². The summed E-state index contributed by atoms with van der Waals surface area (Å²) in [6.07, 6.45) is 3.06. The third kappa shape index (κ3) is 4.57. The van der Waals surface area contributed by atoms with Gasteiger partial charge in [-0.05, 0) is 63.4 Å². The van der Waals surface area contributed by atoms with Gasteiger partial charge in [-0.15, -0.1) is 5.10 Å². The van der Waals surface area contributed by atoms with E-state index >= 15 is 0 Å². The van der Waals surface area contributed by atoms with Gasteiger partial charge in [-0.2, -0.15) is 11.3 Å². The summed E-state index contributed by atoms with van der Waals surface area (Å²) in [5, 5.41) is 19.5. The molecule has 3 aromatic rings. The molecular formula is C19H21ClN6OS. The lowest BCUT2D eigenvalue weighted by Gasteiger charge is -2.23. The Morgan fingerprint density at radius 2 is 2.25 bits per heavy atom. The van der Waals surface area contributed by atoms with E-state index in [1.54, 1.807) is 22.3 Å². The van der Waals surface area contributed by atoms with Crippen LogP contribution in [0.3, 0.4) is 0 Å². The van der Waals surface area contributed by atoms with E-state index in [9.17, 15) is 4.79 Å². The Hall–Kier alpha value is -2.29. The lowest BCUT2D eigenvalue weighted by atomic mass is 10.1. The molecule has 1 aromatic carbocycles. The van der Waals surface area contributed by atoms with Gasteiger partial charge in [0.2, 0.25) is 5.91 Å². The summed E-state index contributed by atoms with van der Waals surface area (Å²) in [6.45, 7) is 2.07. The van der Waals surface area contributed by atoms with Crippen molar-refractivity contribution in [3.8, 4) is 0 Å². The fourth-order valence-electron chi connectivity index (χ4n) is 3.61. The topological polar surface area (TPSA) is 75.9 Å². The summed E-state index contributed by atoms with van der Waals surface area (Å²) in [4.78, 5) is 15.1. The molecule has 2 atom stereocenters. The number of thiophene rings is 1. The van der Waals surface area contributed by atoms with Crippen molar-refractivity contribution in [1.82, 2.24) is 30.4 Å². The highest BCUT2D eigenvalue weighted by Gasteiger charge is 2.38. The van der Waals surface area contributed by atoms with Gasteiger partial charge < -0.3 is 5.32 Å². The number of nitrogens with zero attached hydrogens (tertiary/aromatic N) is 5. The van der Waals surface area contributed by atoms with Crippen LogP contribution in [0.15, 0.2) is 47.4 Å². The SMILES string of the molecule is O=C(NCCc1cccc(Cl)c1)[C@@H]1C[C@@H](n2cnnn2)CN1Cc1ccsc1. The van der Waals surface area contributed by atoms with Gasteiger partial charge in [0.05, 0.1) is 12.1 Å². The van der Waals surface area contributed by atoms with Crippen LogP contribution in [-0.2, 0) is 17.8 Å². The van der Waals surface area contributed by atoms with Gasteiger partial charge in [0.25, 0.3) is 0 Å². The van der Waals surface area contributed by atoms with E-state index in [4.69, 9.17) is 11.6 Å². The summed E-state index contributed by atoms with van der Waals surface area (Å²) >= 11 is 7.70. The Morgan fingerprint density at radius 1 is 1.32 bits per heavy atom. The molecule has 1 N–H and O–H groups in total. The lowest BCUT2D eigenvalue weighted by Crippen LogP contribution is -2.43. The molecule has 2 aromatic heterocycles. The summed E-state index contributed by atoms with van der Waals surface area (Å²) in [5.74, 6) is 0.0489. The molecule has 0 saturated carbocycles. The number of nitrogens with one attached hydrogen (secondary N) is 1. The third-order valence-electron chi connectivity index (χ3n) is 4.99. The van der Waals surface area contributed by atoms with Crippen LogP contribution >= 0.6 is 22.9 Å². The first-order valence-electron chi connectivity index (χ1n) is 9.19. The molecule has 1 saturated heterocycles. The van der Waals surface area contributed by atoms with Crippen molar-refractivity contribution in [2.75, 3.05) is 13.1 Å². The minimum Gasteiger partial charge on any atom is -0.354 e. The Bertz CT molecular complexity index is 901. The standard InChI is InChI=1S/C19H21ClN6OS/c20-16-3-1-2-14(8-16)4-6-21-19(27)18-9-17(26-13-22-23-24-26)11-25(18)10-15-5-7-28-12-15/h1-3,5,7-8,12-13,17-18H,4,6,9-11H2,(H,21,27)/t17-,18+/m1/s1. The van der Waals surface area contributed by atoms with E-state index < -0.39 is 0 Å². The normalized spacial score (nSPS) is 19.8. The van der Waals surface area contributed by atoms with Crippen LogP contribution in [0.2, 0.25) is 5.02 Å². The average Bonchev–Trinajstić information content (AvgIpc) is 3.44. The van der Waals surface area contributed by atoms with Gasteiger partial charge in [0.15, 0.2) is 0 Å². The number of halogens is 1. The van der Waals surface area contributed by atoms with Crippen molar-refractivity contribution in [2.45, 2.75) is 31.5 Å². The zero-order valence-electron chi connectivity index (χ0n) is 15.2. The molecule has 0 spiro atoms. The van der Waals surface area contributed by atoms with Crippen LogP contribution in [-0.4, -0.2) is 50.1 Å². The number of amides is 1. The molecule has 146 valence electrons. The summed E-state index contributed by atoms with van der Waals surface area (Å²) in [7, 11) is 0. The number of likely N-dealkylation sites (tertiary alicyclic amines) is 1. The first-order valence-corrected chi connectivity index (χ1v) is 10.5. The second-order valence-electron chi connectivity index (χ2n) is 6.93. The number of carbonyl (C=O) groups excluding carboxylic acids is 1. The van der Waals surface area contributed by atoms with Crippen LogP contribution in [0, 0.1) is 0 Å². The quantitative estimate of drug-likeness (QED) is 0.640. The van der Waals surface area contributed by atoms with E-state index in [0.717, 1.165) is 25.1 Å². The molecule has 1 fully saturated rings. The van der Waals surface area contributed by atoms with E-state index in [2.05, 4.69) is 42.6 Å². The fraction of sp³-hybridized carbons (Fsp3) is 0.368. The number of hydrogen-bond acceptors (Lipinski definition) is 6. The molecule has 0 bridgehead atoms. The van der Waals surface area contributed by atoms with Crippen LogP contribution in [0.5, 0.6) is 0 Å². The Kier molecular flexibility index (Phi) is 5.99. The Balaban J connectivity index is 1.39. The number of aromatic nitrogens is 4. The molecule has 0 unspecified atom stereocenters. The lowest BCUT2D eigenvalue weighted by molar-refractivity contribution is -0.125. The van der Waals surface area contributed by atoms with Crippen LogP contribution < -0.4 is 5.32 Å². The minimum atomic E-state index is -0.200. The van der Waals surface area contributed by atoms with Crippen molar-refractivity contribution in [2.24, 2.45) is 0 Å². The van der Waals surface area contributed by atoms with Crippen molar-refractivity contribution in [3.63, 3.8) is 0 Å². The zero-order valence-corrected chi connectivity index (χ0v) is 16.8. The number of carbonyl (C=O) groups is 1. The molecule has 28 heavy (non-hydrogen) atoms. The monoisotopic (exact) mass is 416 g/mol. The van der Waals surface area contributed by atoms with E-state index in [0.29, 0.717) is 18.0 Å². The molecule has 9 heteroatoms. The van der Waals surface area contributed by atoms with Gasteiger partial charge in [0.1, 0.15) is 6.33 Å². The van der Waals surface area contributed by atoms with Gasteiger partial charge in [-0.3, -0.25) is 9.69 Å². The Labute approximate surface area is 172 Å². The fourth-order valence-corrected chi connectivity index (χ4v) is 4.48. The highest BCUT2D eigenvalue weighted by atomic mass is 35.5. The maximum atomic E-state index is 12.9. The second kappa shape index (κ2) is 8.81. The number of tetrazole rings is 1. The smallest absolute Gasteiger partial charge is 0.237 e. The summed E-state index contributed by atoms with van der Waals surface area (Å²) in [5.41, 5.74) is 2.33. The number of benzene rings is 1. The van der Waals surface area contributed by atoms with Gasteiger partial charge in [-0.25, -0.2) is 4.68 Å². The average molecular weight is 417 g/mol. The maximum absolute atomic E-state index is 12.9. The number of rotatable bonds is 7. The highest BCUT2D eigenvalue weighted by molar-refractivity contribution is 7.07. The van der Waals surface area contributed by atoms with Gasteiger partial charge >= 0.3 is 0 Å². The molecular weight excluding hydrogens is 396 g/mol. The molecule has 4 rings (SSSR count). The second-order valence-corrected chi connectivity index (χ2v) is 8.14. The predicted molar refractivity (Wildman–Crippen MR) is 108 cm³/mol. The third-order valence-corrected chi connectivity index (χ3v) is 5.96. The molecule has 0 radical (unpaired) electrons. The number of hydrogen-bond donors (Lipinski definition) is 1. The van der Waals surface area contributed by atoms with Crippen LogP contribution in [0.25, 0.3) is 0 Å². The minimum absolute atomic E-state index is 0.0489. The first kappa shape index (κ1) is 19.0. The van der Waals surface area contributed by atoms with Crippen molar-refractivity contribution in [1.29, 1.82) is 0 Å². The first-order chi connectivity index (χ1) is 13.7. The molecule has 0 aliphatic carbocycles. The van der Waals surface area contributed by atoms with E-state index in [-0.39, 0.29) is 18.0 Å². The zero-order chi connectivity index (χ0) is 19.3. The molecule has 1 aliphatic rings. The highest BCUT2D eigenvalue weighted by Crippen LogP contribution is 2.28. The maximum Gasteiger partial charge on any atom is 0.237 e. The van der Waals surface area contributed by atoms with Crippen molar-refractivity contribution >= 4 is 28.8 Å². The summed E-state index contributed by atoms with van der Waals surface area (Å²) < 4.78 is 1.75. The Morgan fingerprint density at radius 3 is 3.00 bits per heavy atom.